The van der Waals surface area contributed by atoms with E-state index >= 15 is 0 Å². The third-order valence-corrected chi connectivity index (χ3v) is 5.76. The van der Waals surface area contributed by atoms with Gasteiger partial charge in [0.2, 0.25) is 0 Å². The van der Waals surface area contributed by atoms with Crippen molar-refractivity contribution in [3.05, 3.63) is 52.3 Å². The van der Waals surface area contributed by atoms with Crippen LogP contribution < -0.4 is 5.32 Å². The molecule has 0 spiro atoms. The summed E-state index contributed by atoms with van der Waals surface area (Å²) in [6.07, 6.45) is 0.711. The van der Waals surface area contributed by atoms with Crippen molar-refractivity contribution in [1.29, 1.82) is 0 Å². The van der Waals surface area contributed by atoms with Crippen molar-refractivity contribution in [3.63, 3.8) is 0 Å². The largest absolute Gasteiger partial charge is 0.379 e. The van der Waals surface area contributed by atoms with Crippen molar-refractivity contribution < 1.29 is 14.3 Å². The number of nitrogens with one attached hydrogen (secondary N) is 1. The van der Waals surface area contributed by atoms with Gasteiger partial charge in [-0.3, -0.25) is 14.4 Å². The first kappa shape index (κ1) is 20.1. The van der Waals surface area contributed by atoms with Gasteiger partial charge in [0.05, 0.1) is 31.1 Å². The van der Waals surface area contributed by atoms with Gasteiger partial charge in [0.25, 0.3) is 5.91 Å². The van der Waals surface area contributed by atoms with Gasteiger partial charge in [0, 0.05) is 45.2 Å². The second-order valence-electron chi connectivity index (χ2n) is 7.97. The number of rotatable bonds is 5. The fourth-order valence-electron chi connectivity index (χ4n) is 4.29. The second-order valence-corrected chi connectivity index (χ2v) is 7.97. The van der Waals surface area contributed by atoms with Crippen molar-refractivity contribution in [1.82, 2.24) is 20.0 Å². The number of aryl methyl sites for hydroxylation is 1. The van der Waals surface area contributed by atoms with Gasteiger partial charge >= 0.3 is 0 Å². The highest BCUT2D eigenvalue weighted by Crippen LogP contribution is 2.31. The molecule has 156 valence electrons. The molecule has 7 nitrogen and oxygen atoms in total. The summed E-state index contributed by atoms with van der Waals surface area (Å²) in [4.78, 5) is 15.4. The number of hydrogen-bond acceptors (Lipinski definition) is 5. The summed E-state index contributed by atoms with van der Waals surface area (Å²) in [7, 11) is 1.83. The molecule has 1 aromatic carbocycles. The molecule has 0 bridgehead atoms. The molecule has 1 saturated heterocycles. The first-order chi connectivity index (χ1) is 14.0. The molecule has 0 radical (unpaired) electrons. The molecule has 2 atom stereocenters. The van der Waals surface area contributed by atoms with Gasteiger partial charge < -0.3 is 14.8 Å². The topological polar surface area (TPSA) is 68.6 Å². The lowest BCUT2D eigenvalue weighted by molar-refractivity contribution is -0.00710. The Kier molecular flexibility index (Phi) is 5.99. The Morgan fingerprint density at radius 1 is 1.21 bits per heavy atom. The van der Waals surface area contributed by atoms with Crippen molar-refractivity contribution in [3.8, 4) is 0 Å². The lowest BCUT2D eigenvalue weighted by Crippen LogP contribution is -2.36. The Balaban J connectivity index is 1.47. The minimum atomic E-state index is -0.0873. The SMILES string of the molecule is C[C@@H]1Cc2c(nn(C)c2C(=O)NCc2ccccc2CN2CCOCC2)[C@H](C)O1. The van der Waals surface area contributed by atoms with Gasteiger partial charge in [-0.2, -0.15) is 5.10 Å². The van der Waals surface area contributed by atoms with Gasteiger partial charge in [-0.05, 0) is 25.0 Å². The highest BCUT2D eigenvalue weighted by molar-refractivity contribution is 5.94. The molecule has 0 saturated carbocycles. The molecule has 2 aliphatic rings. The summed E-state index contributed by atoms with van der Waals surface area (Å²) in [5.74, 6) is -0.0799. The van der Waals surface area contributed by atoms with E-state index in [9.17, 15) is 4.79 Å². The normalized spacial score (nSPS) is 22.3. The molecule has 2 aromatic rings. The zero-order chi connectivity index (χ0) is 20.4. The molecular formula is C22H30N4O3. The van der Waals surface area contributed by atoms with Gasteiger partial charge in [-0.25, -0.2) is 0 Å². The smallest absolute Gasteiger partial charge is 0.270 e. The molecule has 0 unspecified atom stereocenters. The van der Waals surface area contributed by atoms with E-state index in [1.165, 1.54) is 5.56 Å². The van der Waals surface area contributed by atoms with Crippen molar-refractivity contribution >= 4 is 5.91 Å². The first-order valence-corrected chi connectivity index (χ1v) is 10.4. The van der Waals surface area contributed by atoms with Gasteiger partial charge in [-0.15, -0.1) is 0 Å². The summed E-state index contributed by atoms with van der Waals surface area (Å²) >= 11 is 0. The molecule has 1 fully saturated rings. The zero-order valence-electron chi connectivity index (χ0n) is 17.5. The van der Waals surface area contributed by atoms with Crippen LogP contribution in [0.5, 0.6) is 0 Å². The highest BCUT2D eigenvalue weighted by atomic mass is 16.5. The van der Waals surface area contributed by atoms with Crippen molar-refractivity contribution in [2.45, 2.75) is 45.6 Å². The lowest BCUT2D eigenvalue weighted by atomic mass is 9.99. The molecule has 7 heteroatoms. The Morgan fingerprint density at radius 3 is 2.69 bits per heavy atom. The molecular weight excluding hydrogens is 368 g/mol. The van der Waals surface area contributed by atoms with Crippen LogP contribution in [0, 0.1) is 0 Å². The number of ether oxygens (including phenoxy) is 2. The average molecular weight is 399 g/mol. The van der Waals surface area contributed by atoms with Crippen LogP contribution in [0.1, 0.15) is 52.8 Å². The number of carbonyl (C=O) groups excluding carboxylic acids is 1. The van der Waals surface area contributed by atoms with E-state index in [1.807, 2.05) is 27.0 Å². The van der Waals surface area contributed by atoms with Crippen LogP contribution >= 0.6 is 0 Å². The highest BCUT2D eigenvalue weighted by Gasteiger charge is 2.31. The maximum absolute atomic E-state index is 13.0. The molecule has 1 aromatic heterocycles. The molecule has 3 heterocycles. The molecule has 2 aliphatic heterocycles. The Bertz CT molecular complexity index is 873. The number of fused-ring (bicyclic) bond motifs is 1. The summed E-state index contributed by atoms with van der Waals surface area (Å²) in [6, 6.07) is 8.31. The molecule has 0 aliphatic carbocycles. The Morgan fingerprint density at radius 2 is 1.93 bits per heavy atom. The number of aromatic nitrogens is 2. The van der Waals surface area contributed by atoms with E-state index in [0.29, 0.717) is 18.7 Å². The van der Waals surface area contributed by atoms with Crippen molar-refractivity contribution in [2.75, 3.05) is 26.3 Å². The third kappa shape index (κ3) is 4.37. The lowest BCUT2D eigenvalue weighted by Gasteiger charge is -2.27. The molecule has 4 rings (SSSR count). The average Bonchev–Trinajstić information content (AvgIpc) is 3.04. The Hall–Kier alpha value is -2.22. The van der Waals surface area contributed by atoms with Crippen LogP contribution in [-0.4, -0.2) is 53.0 Å². The third-order valence-electron chi connectivity index (χ3n) is 5.76. The summed E-state index contributed by atoms with van der Waals surface area (Å²) < 4.78 is 13.0. The predicted octanol–water partition coefficient (Wildman–Crippen LogP) is 2.20. The van der Waals surface area contributed by atoms with E-state index in [2.05, 4.69) is 33.5 Å². The van der Waals surface area contributed by atoms with Crippen LogP contribution in [0.15, 0.2) is 24.3 Å². The van der Waals surface area contributed by atoms with E-state index in [1.54, 1.807) is 4.68 Å². The monoisotopic (exact) mass is 398 g/mol. The van der Waals surface area contributed by atoms with Gasteiger partial charge in [0.1, 0.15) is 5.69 Å². The number of amides is 1. The molecule has 1 N–H and O–H groups in total. The number of carbonyl (C=O) groups is 1. The number of hydrogen-bond donors (Lipinski definition) is 1. The van der Waals surface area contributed by atoms with Crippen LogP contribution in [0.3, 0.4) is 0 Å². The fourth-order valence-corrected chi connectivity index (χ4v) is 4.29. The predicted molar refractivity (Wildman–Crippen MR) is 110 cm³/mol. The fraction of sp³-hybridized carbons (Fsp3) is 0.545. The van der Waals surface area contributed by atoms with Crippen LogP contribution in [-0.2, 0) is 36.0 Å². The number of nitrogens with zero attached hydrogens (tertiary/aromatic N) is 3. The first-order valence-electron chi connectivity index (χ1n) is 10.4. The summed E-state index contributed by atoms with van der Waals surface area (Å²) in [6.45, 7) is 8.86. The van der Waals surface area contributed by atoms with Gasteiger partial charge in [0.15, 0.2) is 0 Å². The van der Waals surface area contributed by atoms with E-state index in [0.717, 1.165) is 49.7 Å². The van der Waals surface area contributed by atoms with Crippen LogP contribution in [0.25, 0.3) is 0 Å². The maximum Gasteiger partial charge on any atom is 0.270 e. The van der Waals surface area contributed by atoms with E-state index in [4.69, 9.17) is 9.47 Å². The van der Waals surface area contributed by atoms with Crippen LogP contribution in [0.4, 0.5) is 0 Å². The van der Waals surface area contributed by atoms with Crippen molar-refractivity contribution in [2.24, 2.45) is 7.05 Å². The minimum Gasteiger partial charge on any atom is -0.379 e. The Labute approximate surface area is 172 Å². The van der Waals surface area contributed by atoms with Gasteiger partial charge in [-0.1, -0.05) is 24.3 Å². The standard InChI is InChI=1S/C22H30N4O3/c1-15-12-19-20(16(2)29-15)24-25(3)21(19)22(27)23-13-17-6-4-5-7-18(17)14-26-8-10-28-11-9-26/h4-7,15-16H,8-14H2,1-3H3,(H,23,27)/t15-,16+/m1/s1. The zero-order valence-corrected chi connectivity index (χ0v) is 17.5. The van der Waals surface area contributed by atoms with Crippen LogP contribution in [0.2, 0.25) is 0 Å². The molecule has 1 amide bonds. The maximum atomic E-state index is 13.0. The van der Waals surface area contributed by atoms with E-state index in [-0.39, 0.29) is 18.1 Å². The van der Waals surface area contributed by atoms with E-state index < -0.39 is 0 Å². The number of benzene rings is 1. The summed E-state index contributed by atoms with van der Waals surface area (Å²) in [5, 5.41) is 7.67. The second kappa shape index (κ2) is 8.65. The summed E-state index contributed by atoms with van der Waals surface area (Å²) in [5.41, 5.74) is 4.93. The number of morpholine rings is 1. The quantitative estimate of drug-likeness (QED) is 0.836. The molecule has 29 heavy (non-hydrogen) atoms. The minimum absolute atomic E-state index is 0.0799.